The van der Waals surface area contributed by atoms with E-state index in [0.717, 1.165) is 85.6 Å². The minimum Gasteiger partial charge on any atom is -0.334 e. The maximum absolute atomic E-state index is 13.4. The molecule has 7 heteroatoms. The van der Waals surface area contributed by atoms with Crippen molar-refractivity contribution in [3.63, 3.8) is 0 Å². The number of pyridine rings is 1. The van der Waals surface area contributed by atoms with Crippen LogP contribution in [0, 0.1) is 13.8 Å². The number of hydrogen-bond acceptors (Lipinski definition) is 5. The Morgan fingerprint density at radius 1 is 1.18 bits per heavy atom. The van der Waals surface area contributed by atoms with E-state index in [1.165, 1.54) is 0 Å². The highest BCUT2D eigenvalue weighted by Gasteiger charge is 2.31. The summed E-state index contributed by atoms with van der Waals surface area (Å²) in [7, 11) is 0. The second-order valence-electron chi connectivity index (χ2n) is 8.92. The summed E-state index contributed by atoms with van der Waals surface area (Å²) in [5, 5.41) is 4.52. The van der Waals surface area contributed by atoms with Crippen molar-refractivity contribution >= 4 is 5.91 Å². The number of aromatic nitrogens is 5. The maximum Gasteiger partial charge on any atom is 0.223 e. The van der Waals surface area contributed by atoms with E-state index >= 15 is 0 Å². The Morgan fingerprint density at radius 3 is 2.73 bits per heavy atom. The van der Waals surface area contributed by atoms with Gasteiger partial charge in [0.15, 0.2) is 0 Å². The fourth-order valence-electron chi connectivity index (χ4n) is 4.72. The highest BCUT2D eigenvalue weighted by Crippen LogP contribution is 2.36. The molecule has 3 aromatic heterocycles. The molecule has 1 atom stereocenters. The molecule has 0 bridgehead atoms. The first kappa shape index (κ1) is 23.1. The van der Waals surface area contributed by atoms with E-state index in [-0.39, 0.29) is 11.9 Å². The summed E-state index contributed by atoms with van der Waals surface area (Å²) in [6.45, 7) is 7.75. The van der Waals surface area contributed by atoms with Crippen molar-refractivity contribution in [2.45, 2.75) is 78.3 Å². The second-order valence-corrected chi connectivity index (χ2v) is 8.92. The van der Waals surface area contributed by atoms with Gasteiger partial charge in [-0.15, -0.1) is 0 Å². The van der Waals surface area contributed by atoms with E-state index in [2.05, 4.69) is 39.9 Å². The molecule has 1 fully saturated rings. The molecule has 0 aromatic carbocycles. The molecule has 4 rings (SSSR count). The molecule has 1 aliphatic rings. The van der Waals surface area contributed by atoms with E-state index in [0.29, 0.717) is 6.42 Å². The lowest BCUT2D eigenvalue weighted by Crippen LogP contribution is -2.39. The zero-order valence-electron chi connectivity index (χ0n) is 20.0. The number of piperidine rings is 1. The SMILES string of the molecule is CCCc1ncc(-c2ccncc2)c([C@H]2CCCCN2C(=O)CCCn2nc(C)cc2C)n1. The van der Waals surface area contributed by atoms with Gasteiger partial charge in [-0.2, -0.15) is 5.10 Å². The molecule has 7 nitrogen and oxygen atoms in total. The van der Waals surface area contributed by atoms with Crippen LogP contribution in [0.3, 0.4) is 0 Å². The first-order valence-electron chi connectivity index (χ1n) is 12.1. The molecule has 0 saturated carbocycles. The third-order valence-corrected chi connectivity index (χ3v) is 6.34. The number of rotatable bonds is 8. The van der Waals surface area contributed by atoms with E-state index in [1.807, 2.05) is 29.9 Å². The third-order valence-electron chi connectivity index (χ3n) is 6.34. The predicted octanol–water partition coefficient (Wildman–Crippen LogP) is 4.84. The maximum atomic E-state index is 13.4. The van der Waals surface area contributed by atoms with Crippen LogP contribution in [0.5, 0.6) is 0 Å². The van der Waals surface area contributed by atoms with Gasteiger partial charge in [-0.25, -0.2) is 9.97 Å². The lowest BCUT2D eigenvalue weighted by atomic mass is 9.93. The molecule has 1 amide bonds. The van der Waals surface area contributed by atoms with Gasteiger partial charge < -0.3 is 4.90 Å². The molecule has 174 valence electrons. The van der Waals surface area contributed by atoms with Crippen molar-refractivity contribution in [2.75, 3.05) is 6.54 Å². The fraction of sp³-hybridized carbons (Fsp3) is 0.500. The molecule has 0 radical (unpaired) electrons. The quantitative estimate of drug-likeness (QED) is 0.495. The number of carbonyl (C=O) groups excluding carboxylic acids is 1. The number of aryl methyl sites for hydroxylation is 4. The van der Waals surface area contributed by atoms with E-state index < -0.39 is 0 Å². The lowest BCUT2D eigenvalue weighted by Gasteiger charge is -2.36. The Labute approximate surface area is 196 Å². The van der Waals surface area contributed by atoms with E-state index in [1.54, 1.807) is 12.4 Å². The Kier molecular flexibility index (Phi) is 7.47. The number of amides is 1. The van der Waals surface area contributed by atoms with E-state index in [9.17, 15) is 4.79 Å². The standard InChI is InChI=1S/C26H34N6O/c1-4-8-24-28-18-22(21-11-13-27-14-12-21)26(29-24)23-9-5-6-15-31(23)25(33)10-7-16-32-20(3)17-19(2)30-32/h11-14,17-18,23H,4-10,15-16H2,1-3H3/t23-/m1/s1. The monoisotopic (exact) mass is 446 g/mol. The molecular formula is C26H34N6O. The smallest absolute Gasteiger partial charge is 0.223 e. The average Bonchev–Trinajstić information content (AvgIpc) is 3.16. The molecule has 0 unspecified atom stereocenters. The van der Waals surface area contributed by atoms with Crippen molar-refractivity contribution in [1.29, 1.82) is 0 Å². The van der Waals surface area contributed by atoms with Gasteiger partial charge in [0, 0.05) is 55.8 Å². The zero-order valence-corrected chi connectivity index (χ0v) is 20.0. The number of likely N-dealkylation sites (tertiary alicyclic amines) is 1. The zero-order chi connectivity index (χ0) is 23.2. The summed E-state index contributed by atoms with van der Waals surface area (Å²) >= 11 is 0. The normalized spacial score (nSPS) is 16.2. The number of carbonyl (C=O) groups is 1. The molecule has 1 saturated heterocycles. The van der Waals surface area contributed by atoms with Crippen molar-refractivity contribution < 1.29 is 4.79 Å². The van der Waals surface area contributed by atoms with Gasteiger partial charge in [0.05, 0.1) is 17.4 Å². The molecule has 33 heavy (non-hydrogen) atoms. The Morgan fingerprint density at radius 2 is 2.00 bits per heavy atom. The largest absolute Gasteiger partial charge is 0.334 e. The summed E-state index contributed by atoms with van der Waals surface area (Å²) < 4.78 is 2.00. The van der Waals surface area contributed by atoms with Crippen LogP contribution in [0.15, 0.2) is 36.8 Å². The third kappa shape index (κ3) is 5.46. The van der Waals surface area contributed by atoms with Gasteiger partial charge >= 0.3 is 0 Å². The van der Waals surface area contributed by atoms with Crippen LogP contribution in [0.25, 0.3) is 11.1 Å². The molecular weight excluding hydrogens is 412 g/mol. The summed E-state index contributed by atoms with van der Waals surface area (Å²) in [6, 6.07) is 6.05. The number of hydrogen-bond donors (Lipinski definition) is 0. The van der Waals surface area contributed by atoms with E-state index in [4.69, 9.17) is 4.98 Å². The topological polar surface area (TPSA) is 76.8 Å². The molecule has 0 spiro atoms. The minimum atomic E-state index is -0.0123. The predicted molar refractivity (Wildman–Crippen MR) is 128 cm³/mol. The van der Waals surface area contributed by atoms with Gasteiger partial charge in [-0.3, -0.25) is 14.5 Å². The Balaban J connectivity index is 1.56. The highest BCUT2D eigenvalue weighted by molar-refractivity contribution is 5.77. The van der Waals surface area contributed by atoms with Gasteiger partial charge in [-0.05, 0) is 69.7 Å². The molecule has 1 aliphatic heterocycles. The van der Waals surface area contributed by atoms with Crippen LogP contribution in [-0.4, -0.2) is 42.1 Å². The summed E-state index contributed by atoms with van der Waals surface area (Å²) in [4.78, 5) is 29.2. The van der Waals surface area contributed by atoms with Crippen LogP contribution in [0.2, 0.25) is 0 Å². The summed E-state index contributed by atoms with van der Waals surface area (Å²) in [5.41, 5.74) is 5.19. The first-order valence-corrected chi connectivity index (χ1v) is 12.1. The Hall–Kier alpha value is -3.09. The summed E-state index contributed by atoms with van der Waals surface area (Å²) in [6.07, 6.45) is 11.7. The molecule has 0 aliphatic carbocycles. The average molecular weight is 447 g/mol. The van der Waals surface area contributed by atoms with Crippen molar-refractivity contribution in [3.05, 3.63) is 59.7 Å². The molecule has 4 heterocycles. The van der Waals surface area contributed by atoms with Gasteiger partial charge in [-0.1, -0.05) is 6.92 Å². The van der Waals surface area contributed by atoms with Crippen LogP contribution in [0.1, 0.15) is 74.4 Å². The van der Waals surface area contributed by atoms with Gasteiger partial charge in [0.25, 0.3) is 0 Å². The minimum absolute atomic E-state index is 0.0123. The van der Waals surface area contributed by atoms with Crippen LogP contribution in [0.4, 0.5) is 0 Å². The first-order chi connectivity index (χ1) is 16.1. The lowest BCUT2D eigenvalue weighted by molar-refractivity contribution is -0.135. The van der Waals surface area contributed by atoms with Crippen molar-refractivity contribution in [3.8, 4) is 11.1 Å². The van der Waals surface area contributed by atoms with Crippen LogP contribution >= 0.6 is 0 Å². The van der Waals surface area contributed by atoms with Crippen LogP contribution in [-0.2, 0) is 17.8 Å². The van der Waals surface area contributed by atoms with Gasteiger partial charge in [0.1, 0.15) is 5.82 Å². The van der Waals surface area contributed by atoms with Crippen molar-refractivity contribution in [1.82, 2.24) is 29.6 Å². The second kappa shape index (κ2) is 10.7. The number of nitrogens with zero attached hydrogens (tertiary/aromatic N) is 6. The molecule has 0 N–H and O–H groups in total. The van der Waals surface area contributed by atoms with Crippen LogP contribution < -0.4 is 0 Å². The molecule has 3 aromatic rings. The Bertz CT molecular complexity index is 1080. The van der Waals surface area contributed by atoms with Gasteiger partial charge in [0.2, 0.25) is 5.91 Å². The fourth-order valence-corrected chi connectivity index (χ4v) is 4.72. The van der Waals surface area contributed by atoms with Crippen molar-refractivity contribution in [2.24, 2.45) is 0 Å². The summed E-state index contributed by atoms with van der Waals surface area (Å²) in [5.74, 6) is 1.06. The highest BCUT2D eigenvalue weighted by atomic mass is 16.2.